The van der Waals surface area contributed by atoms with Gasteiger partial charge < -0.3 is 15.8 Å². The molecule has 23 heavy (non-hydrogen) atoms. The van der Waals surface area contributed by atoms with Crippen LogP contribution in [0.4, 0.5) is 0 Å². The molecule has 0 heterocycles. The van der Waals surface area contributed by atoms with Gasteiger partial charge in [0.1, 0.15) is 5.75 Å². The number of hydrogen-bond acceptors (Lipinski definition) is 3. The molecule has 2 aliphatic rings. The quantitative estimate of drug-likeness (QED) is 0.843. The molecule has 4 atom stereocenters. The molecule has 0 unspecified atom stereocenters. The summed E-state index contributed by atoms with van der Waals surface area (Å²) in [5, 5.41) is 3.05. The highest BCUT2D eigenvalue weighted by atomic mass is 16.5. The molecule has 0 aliphatic heterocycles. The van der Waals surface area contributed by atoms with Crippen molar-refractivity contribution in [2.24, 2.45) is 23.5 Å². The van der Waals surface area contributed by atoms with Crippen LogP contribution in [-0.2, 0) is 4.79 Å². The number of carbonyl (C=O) groups excluding carboxylic acids is 2. The van der Waals surface area contributed by atoms with Gasteiger partial charge in [0.2, 0.25) is 0 Å². The summed E-state index contributed by atoms with van der Waals surface area (Å²) < 4.78 is 5.47. The monoisotopic (exact) mass is 316 g/mol. The Morgan fingerprint density at radius 1 is 1.30 bits per heavy atom. The number of fused-ring (bicyclic) bond motifs is 2. The third-order valence-electron chi connectivity index (χ3n) is 5.33. The number of rotatable bonds is 6. The Hall–Kier alpha value is -2.04. The van der Waals surface area contributed by atoms with Crippen molar-refractivity contribution in [3.63, 3.8) is 0 Å². The lowest BCUT2D eigenvalue weighted by molar-refractivity contribution is -0.124. The van der Waals surface area contributed by atoms with Crippen LogP contribution in [0.2, 0.25) is 0 Å². The van der Waals surface area contributed by atoms with Crippen LogP contribution in [0.1, 0.15) is 43.0 Å². The van der Waals surface area contributed by atoms with Gasteiger partial charge in [-0.1, -0.05) is 18.6 Å². The second kappa shape index (κ2) is 6.60. The molecule has 0 saturated heterocycles. The van der Waals surface area contributed by atoms with Crippen LogP contribution in [0.25, 0.3) is 0 Å². The molecule has 2 aliphatic carbocycles. The van der Waals surface area contributed by atoms with Gasteiger partial charge in [-0.2, -0.15) is 0 Å². The fourth-order valence-electron chi connectivity index (χ4n) is 4.25. The average Bonchev–Trinajstić information content (AvgIpc) is 3.16. The summed E-state index contributed by atoms with van der Waals surface area (Å²) >= 11 is 0. The van der Waals surface area contributed by atoms with Gasteiger partial charge in [0.25, 0.3) is 11.8 Å². The van der Waals surface area contributed by atoms with E-state index in [-0.39, 0.29) is 18.6 Å². The number of carbonyl (C=O) groups is 2. The van der Waals surface area contributed by atoms with Gasteiger partial charge in [-0.05, 0) is 56.1 Å². The Bertz CT molecular complexity index is 602. The van der Waals surface area contributed by atoms with Gasteiger partial charge in [0, 0.05) is 6.04 Å². The van der Waals surface area contributed by atoms with Gasteiger partial charge in [-0.3, -0.25) is 9.59 Å². The number of primary amides is 1. The summed E-state index contributed by atoms with van der Waals surface area (Å²) in [6.45, 7) is 1.98. The van der Waals surface area contributed by atoms with Crippen LogP contribution in [0, 0.1) is 17.8 Å². The molecule has 124 valence electrons. The molecule has 1 aromatic rings. The molecule has 5 nitrogen and oxygen atoms in total. The van der Waals surface area contributed by atoms with Crippen molar-refractivity contribution in [3.8, 4) is 5.75 Å². The second-order valence-corrected chi connectivity index (χ2v) is 6.84. The van der Waals surface area contributed by atoms with Crippen LogP contribution in [0.15, 0.2) is 24.3 Å². The molecule has 2 bridgehead atoms. The molecule has 0 spiro atoms. The van der Waals surface area contributed by atoms with E-state index in [0.29, 0.717) is 17.2 Å². The Balaban J connectivity index is 1.51. The lowest BCUT2D eigenvalue weighted by Gasteiger charge is -2.28. The number of para-hydroxylation sites is 1. The zero-order valence-electron chi connectivity index (χ0n) is 13.5. The van der Waals surface area contributed by atoms with Crippen molar-refractivity contribution in [1.82, 2.24) is 5.32 Å². The minimum absolute atomic E-state index is 0.102. The summed E-state index contributed by atoms with van der Waals surface area (Å²) in [6.07, 6.45) is 5.22. The first-order chi connectivity index (χ1) is 11.0. The van der Waals surface area contributed by atoms with Crippen molar-refractivity contribution in [2.75, 3.05) is 6.61 Å². The fourth-order valence-corrected chi connectivity index (χ4v) is 4.25. The maximum atomic E-state index is 12.1. The Morgan fingerprint density at radius 3 is 2.74 bits per heavy atom. The first kappa shape index (κ1) is 15.8. The van der Waals surface area contributed by atoms with Crippen LogP contribution >= 0.6 is 0 Å². The molecule has 2 fully saturated rings. The number of nitrogens with one attached hydrogen (secondary N) is 1. The van der Waals surface area contributed by atoms with E-state index in [4.69, 9.17) is 10.5 Å². The summed E-state index contributed by atoms with van der Waals surface area (Å²) in [6, 6.07) is 6.87. The highest BCUT2D eigenvalue weighted by molar-refractivity contribution is 5.95. The van der Waals surface area contributed by atoms with E-state index < -0.39 is 5.91 Å². The molecule has 3 rings (SSSR count). The van der Waals surface area contributed by atoms with Crippen molar-refractivity contribution in [2.45, 2.75) is 38.6 Å². The lowest BCUT2D eigenvalue weighted by Crippen LogP contribution is -2.42. The van der Waals surface area contributed by atoms with E-state index in [1.165, 1.54) is 25.7 Å². The van der Waals surface area contributed by atoms with Crippen molar-refractivity contribution >= 4 is 11.8 Å². The first-order valence-corrected chi connectivity index (χ1v) is 8.35. The molecule has 2 saturated carbocycles. The fraction of sp³-hybridized carbons (Fsp3) is 0.556. The van der Waals surface area contributed by atoms with E-state index in [0.717, 1.165) is 11.8 Å². The summed E-state index contributed by atoms with van der Waals surface area (Å²) in [7, 11) is 0. The van der Waals surface area contributed by atoms with Crippen LogP contribution in [0.3, 0.4) is 0 Å². The van der Waals surface area contributed by atoms with Crippen LogP contribution in [0.5, 0.6) is 5.75 Å². The number of hydrogen-bond donors (Lipinski definition) is 2. The van der Waals surface area contributed by atoms with Crippen molar-refractivity contribution in [1.29, 1.82) is 0 Å². The minimum atomic E-state index is -0.559. The molecule has 2 amide bonds. The van der Waals surface area contributed by atoms with Gasteiger partial charge in [0.05, 0.1) is 5.56 Å². The second-order valence-electron chi connectivity index (χ2n) is 6.84. The molecule has 3 N–H and O–H groups in total. The molecule has 0 radical (unpaired) electrons. The predicted octanol–water partition coefficient (Wildman–Crippen LogP) is 2.11. The van der Waals surface area contributed by atoms with E-state index >= 15 is 0 Å². The van der Waals surface area contributed by atoms with Crippen molar-refractivity contribution < 1.29 is 14.3 Å². The third-order valence-corrected chi connectivity index (χ3v) is 5.33. The predicted molar refractivity (Wildman–Crippen MR) is 87.0 cm³/mol. The summed E-state index contributed by atoms with van der Waals surface area (Å²) in [5.41, 5.74) is 5.59. The largest absolute Gasteiger partial charge is 0.483 e. The number of benzene rings is 1. The maximum Gasteiger partial charge on any atom is 0.258 e. The number of nitrogens with two attached hydrogens (primary N) is 1. The van der Waals surface area contributed by atoms with Gasteiger partial charge >= 0.3 is 0 Å². The number of ether oxygens (including phenoxy) is 1. The Kier molecular flexibility index (Phi) is 4.55. The lowest BCUT2D eigenvalue weighted by atomic mass is 9.84. The molecular formula is C18H24N2O3. The molecule has 0 aromatic heterocycles. The van der Waals surface area contributed by atoms with E-state index in [1.54, 1.807) is 24.3 Å². The zero-order chi connectivity index (χ0) is 16.4. The first-order valence-electron chi connectivity index (χ1n) is 8.35. The maximum absolute atomic E-state index is 12.1. The smallest absolute Gasteiger partial charge is 0.258 e. The average molecular weight is 316 g/mol. The summed E-state index contributed by atoms with van der Waals surface area (Å²) in [5.74, 6) is 1.86. The normalized spacial score (nSPS) is 26.7. The van der Waals surface area contributed by atoms with Crippen LogP contribution < -0.4 is 15.8 Å². The highest BCUT2D eigenvalue weighted by Gasteiger charge is 2.42. The van der Waals surface area contributed by atoms with E-state index in [1.807, 2.05) is 0 Å². The Labute approximate surface area is 136 Å². The third kappa shape index (κ3) is 3.49. The Morgan fingerprint density at radius 2 is 2.09 bits per heavy atom. The van der Waals surface area contributed by atoms with E-state index in [9.17, 15) is 9.59 Å². The zero-order valence-corrected chi connectivity index (χ0v) is 13.5. The number of amides is 2. The molecule has 1 aromatic carbocycles. The van der Waals surface area contributed by atoms with Gasteiger partial charge in [-0.15, -0.1) is 0 Å². The van der Waals surface area contributed by atoms with Gasteiger partial charge in [-0.25, -0.2) is 0 Å². The molecule has 5 heteroatoms. The highest BCUT2D eigenvalue weighted by Crippen LogP contribution is 2.49. The summed E-state index contributed by atoms with van der Waals surface area (Å²) in [4.78, 5) is 23.5. The topological polar surface area (TPSA) is 81.4 Å². The van der Waals surface area contributed by atoms with Crippen molar-refractivity contribution in [3.05, 3.63) is 29.8 Å². The standard InChI is InChI=1S/C18H24N2O3/c1-11(15-9-12-6-7-13(15)8-12)20-17(21)10-23-16-5-3-2-4-14(16)18(19)22/h2-5,11-13,15H,6-10H2,1H3,(H2,19,22)(H,20,21)/t11-,12+,13+,15-/m1/s1. The molecular weight excluding hydrogens is 292 g/mol. The van der Waals surface area contributed by atoms with E-state index in [2.05, 4.69) is 12.2 Å². The van der Waals surface area contributed by atoms with Gasteiger partial charge in [0.15, 0.2) is 6.61 Å². The SMILES string of the molecule is C[C@@H](NC(=O)COc1ccccc1C(N)=O)[C@H]1C[C@H]2CC[C@H]1C2. The van der Waals surface area contributed by atoms with Crippen LogP contribution in [-0.4, -0.2) is 24.5 Å². The minimum Gasteiger partial charge on any atom is -0.483 e.